The van der Waals surface area contributed by atoms with Crippen LogP contribution in [0.25, 0.3) is 22.5 Å². The number of halogens is 1. The zero-order valence-electron chi connectivity index (χ0n) is 14.3. The second-order valence-corrected chi connectivity index (χ2v) is 7.28. The molecule has 0 atom stereocenters. The second kappa shape index (κ2) is 7.78. The third-order valence-corrected chi connectivity index (χ3v) is 5.19. The maximum atomic E-state index is 12.3. The molecule has 4 aromatic rings. The Labute approximate surface area is 165 Å². The lowest BCUT2D eigenvalue weighted by atomic mass is 10.1. The van der Waals surface area contributed by atoms with Gasteiger partial charge in [-0.25, -0.2) is 0 Å². The van der Waals surface area contributed by atoms with Crippen LogP contribution in [-0.2, 0) is 6.54 Å². The molecule has 2 heterocycles. The van der Waals surface area contributed by atoms with Crippen LogP contribution < -0.4 is 5.32 Å². The van der Waals surface area contributed by atoms with Crippen molar-refractivity contribution in [3.8, 4) is 22.5 Å². The number of rotatable bonds is 5. The molecule has 0 saturated carbocycles. The lowest BCUT2D eigenvalue weighted by Gasteiger charge is -2.04. The average molecular weight is 394 g/mol. The van der Waals surface area contributed by atoms with Gasteiger partial charge in [0.15, 0.2) is 0 Å². The Kier molecular flexibility index (Phi) is 5.05. The van der Waals surface area contributed by atoms with Crippen LogP contribution in [0.4, 0.5) is 0 Å². The number of amides is 1. The lowest BCUT2D eigenvalue weighted by Crippen LogP contribution is -2.22. The molecule has 6 heteroatoms. The zero-order valence-corrected chi connectivity index (χ0v) is 15.8. The molecule has 0 aliphatic rings. The quantitative estimate of drug-likeness (QED) is 0.477. The standard InChI is InChI=1S/C21H16ClN3OS/c22-18-7-5-16(6-8-18)20-11-19(24-25-20)15-1-3-17(4-2-15)21(26)23-12-14-9-10-27-13-14/h1-11,13H,12H2,(H,23,26)(H,24,25). The maximum absolute atomic E-state index is 12.3. The van der Waals surface area contributed by atoms with E-state index < -0.39 is 0 Å². The first-order valence-electron chi connectivity index (χ1n) is 8.40. The monoisotopic (exact) mass is 393 g/mol. The van der Waals surface area contributed by atoms with Gasteiger partial charge in [0.25, 0.3) is 5.91 Å². The molecule has 0 bridgehead atoms. The fraction of sp³-hybridized carbons (Fsp3) is 0.0476. The molecule has 2 aromatic carbocycles. The van der Waals surface area contributed by atoms with Gasteiger partial charge in [0.2, 0.25) is 0 Å². The van der Waals surface area contributed by atoms with E-state index in [1.165, 1.54) is 0 Å². The van der Waals surface area contributed by atoms with E-state index in [9.17, 15) is 4.79 Å². The third kappa shape index (κ3) is 4.10. The zero-order chi connectivity index (χ0) is 18.6. The number of carbonyl (C=O) groups is 1. The van der Waals surface area contributed by atoms with Crippen molar-refractivity contribution in [2.45, 2.75) is 6.54 Å². The van der Waals surface area contributed by atoms with Crippen molar-refractivity contribution in [2.75, 3.05) is 0 Å². The molecule has 0 saturated heterocycles. The molecule has 27 heavy (non-hydrogen) atoms. The third-order valence-electron chi connectivity index (χ3n) is 4.21. The molecule has 0 aliphatic carbocycles. The summed E-state index contributed by atoms with van der Waals surface area (Å²) >= 11 is 7.55. The number of carbonyl (C=O) groups excluding carboxylic acids is 1. The second-order valence-electron chi connectivity index (χ2n) is 6.07. The van der Waals surface area contributed by atoms with Crippen LogP contribution in [0.15, 0.2) is 71.4 Å². The summed E-state index contributed by atoms with van der Waals surface area (Å²) < 4.78 is 0. The van der Waals surface area contributed by atoms with Gasteiger partial charge in [0.1, 0.15) is 0 Å². The number of H-pyrrole nitrogens is 1. The van der Waals surface area contributed by atoms with Crippen LogP contribution in [0.3, 0.4) is 0 Å². The summed E-state index contributed by atoms with van der Waals surface area (Å²) in [4.78, 5) is 12.3. The minimum atomic E-state index is -0.0865. The highest BCUT2D eigenvalue weighted by Gasteiger charge is 2.09. The van der Waals surface area contributed by atoms with E-state index in [0.717, 1.165) is 28.1 Å². The molecule has 0 fully saturated rings. The molecular weight excluding hydrogens is 378 g/mol. The van der Waals surface area contributed by atoms with Gasteiger partial charge in [-0.2, -0.15) is 16.4 Å². The molecular formula is C21H16ClN3OS. The van der Waals surface area contributed by atoms with Gasteiger partial charge in [0.05, 0.1) is 11.4 Å². The van der Waals surface area contributed by atoms with Crippen molar-refractivity contribution in [1.82, 2.24) is 15.5 Å². The number of thiophene rings is 1. The molecule has 1 amide bonds. The van der Waals surface area contributed by atoms with Crippen LogP contribution in [0.1, 0.15) is 15.9 Å². The Bertz CT molecular complexity index is 1040. The van der Waals surface area contributed by atoms with E-state index in [1.54, 1.807) is 11.3 Å². The molecule has 2 N–H and O–H groups in total. The number of hydrogen-bond donors (Lipinski definition) is 2. The number of hydrogen-bond acceptors (Lipinski definition) is 3. The number of nitrogens with zero attached hydrogens (tertiary/aromatic N) is 1. The summed E-state index contributed by atoms with van der Waals surface area (Å²) in [5, 5.41) is 15.1. The van der Waals surface area contributed by atoms with E-state index in [2.05, 4.69) is 15.5 Å². The number of nitrogens with one attached hydrogen (secondary N) is 2. The summed E-state index contributed by atoms with van der Waals surface area (Å²) in [5.74, 6) is -0.0865. The normalized spacial score (nSPS) is 10.7. The van der Waals surface area contributed by atoms with E-state index in [1.807, 2.05) is 71.4 Å². The van der Waals surface area contributed by atoms with E-state index in [4.69, 9.17) is 11.6 Å². The topological polar surface area (TPSA) is 57.8 Å². The highest BCUT2D eigenvalue weighted by molar-refractivity contribution is 7.07. The predicted molar refractivity (Wildman–Crippen MR) is 110 cm³/mol. The van der Waals surface area contributed by atoms with Crippen molar-refractivity contribution in [3.63, 3.8) is 0 Å². The van der Waals surface area contributed by atoms with Crippen LogP contribution in [-0.4, -0.2) is 16.1 Å². The van der Waals surface area contributed by atoms with Gasteiger partial charge in [0, 0.05) is 22.7 Å². The number of benzene rings is 2. The lowest BCUT2D eigenvalue weighted by molar-refractivity contribution is 0.0951. The highest BCUT2D eigenvalue weighted by atomic mass is 35.5. The largest absolute Gasteiger partial charge is 0.348 e. The summed E-state index contributed by atoms with van der Waals surface area (Å²) in [7, 11) is 0. The number of aromatic amines is 1. The SMILES string of the molecule is O=C(NCc1ccsc1)c1ccc(-c2cc(-c3ccc(Cl)cc3)[nH]n2)cc1. The summed E-state index contributed by atoms with van der Waals surface area (Å²) in [6.45, 7) is 0.536. The first kappa shape index (κ1) is 17.5. The Balaban J connectivity index is 1.46. The first-order valence-corrected chi connectivity index (χ1v) is 9.72. The summed E-state index contributed by atoms with van der Waals surface area (Å²) in [6.07, 6.45) is 0. The Morgan fingerprint density at radius 2 is 1.78 bits per heavy atom. The van der Waals surface area contributed by atoms with Gasteiger partial charge in [-0.15, -0.1) is 0 Å². The Hall–Kier alpha value is -2.89. The van der Waals surface area contributed by atoms with Crippen LogP contribution in [0.5, 0.6) is 0 Å². The van der Waals surface area contributed by atoms with Crippen LogP contribution in [0, 0.1) is 0 Å². The van der Waals surface area contributed by atoms with Gasteiger partial charge in [-0.1, -0.05) is 35.9 Å². The summed E-state index contributed by atoms with van der Waals surface area (Å²) in [5.41, 5.74) is 5.44. The van der Waals surface area contributed by atoms with Crippen molar-refractivity contribution in [1.29, 1.82) is 0 Å². The first-order chi connectivity index (χ1) is 13.2. The van der Waals surface area contributed by atoms with Gasteiger partial charge in [-0.05, 0) is 58.3 Å². The molecule has 4 rings (SSSR count). The summed E-state index contributed by atoms with van der Waals surface area (Å²) in [6, 6.07) is 19.0. The molecule has 0 aliphatic heterocycles. The highest BCUT2D eigenvalue weighted by Crippen LogP contribution is 2.25. The molecule has 2 aromatic heterocycles. The average Bonchev–Trinajstić information content (AvgIpc) is 3.39. The minimum absolute atomic E-state index is 0.0865. The van der Waals surface area contributed by atoms with Crippen molar-refractivity contribution in [2.24, 2.45) is 0 Å². The van der Waals surface area contributed by atoms with Gasteiger partial charge in [-0.3, -0.25) is 9.89 Å². The van der Waals surface area contributed by atoms with Gasteiger partial charge < -0.3 is 5.32 Å². The molecule has 4 nitrogen and oxygen atoms in total. The smallest absolute Gasteiger partial charge is 0.251 e. The Morgan fingerprint density at radius 1 is 1.04 bits per heavy atom. The van der Waals surface area contributed by atoms with Crippen LogP contribution >= 0.6 is 22.9 Å². The van der Waals surface area contributed by atoms with Gasteiger partial charge >= 0.3 is 0 Å². The Morgan fingerprint density at radius 3 is 2.48 bits per heavy atom. The molecule has 134 valence electrons. The van der Waals surface area contributed by atoms with E-state index in [-0.39, 0.29) is 5.91 Å². The minimum Gasteiger partial charge on any atom is -0.348 e. The number of aromatic nitrogens is 2. The fourth-order valence-corrected chi connectivity index (χ4v) is 3.51. The molecule has 0 radical (unpaired) electrons. The fourth-order valence-electron chi connectivity index (χ4n) is 2.72. The van der Waals surface area contributed by atoms with E-state index in [0.29, 0.717) is 17.1 Å². The molecule has 0 spiro atoms. The van der Waals surface area contributed by atoms with Crippen molar-refractivity contribution in [3.05, 3.63) is 87.6 Å². The molecule has 0 unspecified atom stereocenters. The predicted octanol–water partition coefficient (Wildman–Crippen LogP) is 5.39. The van der Waals surface area contributed by atoms with Crippen molar-refractivity contribution >= 4 is 28.8 Å². The van der Waals surface area contributed by atoms with E-state index >= 15 is 0 Å². The maximum Gasteiger partial charge on any atom is 0.251 e. The van der Waals surface area contributed by atoms with Crippen LogP contribution in [0.2, 0.25) is 5.02 Å². The van der Waals surface area contributed by atoms with Crippen molar-refractivity contribution < 1.29 is 4.79 Å².